The summed E-state index contributed by atoms with van der Waals surface area (Å²) in [4.78, 5) is 10.5. The van der Waals surface area contributed by atoms with Crippen LogP contribution >= 0.6 is 11.6 Å². The fraction of sp³-hybridized carbons (Fsp3) is 0.591. The normalized spacial score (nSPS) is 24.7. The molecule has 1 aromatic carbocycles. The number of allylic oxidation sites excluding steroid dienone is 2. The van der Waals surface area contributed by atoms with E-state index in [1.165, 1.54) is 0 Å². The van der Waals surface area contributed by atoms with Gasteiger partial charge in [0.1, 0.15) is 5.75 Å². The van der Waals surface area contributed by atoms with Gasteiger partial charge >= 0.3 is 5.97 Å². The number of aliphatic hydroxyl groups is 2. The minimum absolute atomic E-state index is 0.0407. The summed E-state index contributed by atoms with van der Waals surface area (Å²) in [6, 6.07) is 5.45. The minimum Gasteiger partial charge on any atom is -0.493 e. The van der Waals surface area contributed by atoms with E-state index in [2.05, 4.69) is 13.0 Å². The molecule has 3 N–H and O–H groups in total. The minimum atomic E-state index is -0.763. The van der Waals surface area contributed by atoms with Crippen molar-refractivity contribution in [2.75, 3.05) is 13.2 Å². The topological polar surface area (TPSA) is 87.0 Å². The summed E-state index contributed by atoms with van der Waals surface area (Å²) in [6.45, 7) is 2.63. The van der Waals surface area contributed by atoms with Gasteiger partial charge < -0.3 is 20.1 Å². The highest BCUT2D eigenvalue weighted by molar-refractivity contribution is 6.30. The number of aliphatic hydroxyl groups excluding tert-OH is 2. The van der Waals surface area contributed by atoms with Crippen LogP contribution in [0.2, 0.25) is 5.02 Å². The zero-order chi connectivity index (χ0) is 20.5. The third-order valence-electron chi connectivity index (χ3n) is 5.50. The number of unbranched alkanes of at least 4 members (excludes halogenated alkanes) is 1. The Morgan fingerprint density at radius 1 is 1.29 bits per heavy atom. The van der Waals surface area contributed by atoms with Crippen molar-refractivity contribution in [3.63, 3.8) is 0 Å². The SMILES string of the molecule is CC1C[C@@H](O)C(COc2cc(Cl)cc(CCO)c2)[C@H]1C/C=C\CCCC(=O)O. The molecule has 156 valence electrons. The van der Waals surface area contributed by atoms with Crippen LogP contribution in [0.5, 0.6) is 5.75 Å². The molecule has 0 radical (unpaired) electrons. The molecule has 6 heteroatoms. The molecule has 0 bridgehead atoms. The maximum absolute atomic E-state index is 10.5. The quantitative estimate of drug-likeness (QED) is 0.378. The standard InChI is InChI=1S/C22H31ClO5/c1-15-10-21(25)20(19(15)6-4-2-3-5-7-22(26)27)14-28-18-12-16(8-9-24)11-17(23)13-18/h2,4,11-13,15,19-21,24-25H,3,5-10,14H2,1H3,(H,26,27)/b4-2-/t15?,19-,20?,21+/m0/s1. The van der Waals surface area contributed by atoms with E-state index >= 15 is 0 Å². The van der Waals surface area contributed by atoms with Crippen LogP contribution < -0.4 is 4.74 Å². The van der Waals surface area contributed by atoms with Crippen molar-refractivity contribution in [3.8, 4) is 5.75 Å². The van der Waals surface area contributed by atoms with Gasteiger partial charge in [0, 0.05) is 24.0 Å². The third-order valence-corrected chi connectivity index (χ3v) is 5.72. The molecule has 5 nitrogen and oxygen atoms in total. The van der Waals surface area contributed by atoms with E-state index in [9.17, 15) is 9.90 Å². The van der Waals surface area contributed by atoms with Crippen LogP contribution in [0.3, 0.4) is 0 Å². The molecule has 0 spiro atoms. The highest BCUT2D eigenvalue weighted by Crippen LogP contribution is 2.40. The molecule has 0 amide bonds. The van der Waals surface area contributed by atoms with Crippen molar-refractivity contribution >= 4 is 17.6 Å². The van der Waals surface area contributed by atoms with Crippen LogP contribution in [-0.4, -0.2) is 40.6 Å². The Kier molecular flexibility index (Phi) is 9.29. The predicted molar refractivity (Wildman–Crippen MR) is 110 cm³/mol. The van der Waals surface area contributed by atoms with Gasteiger partial charge in [-0.15, -0.1) is 0 Å². The second-order valence-electron chi connectivity index (χ2n) is 7.68. The van der Waals surface area contributed by atoms with E-state index in [4.69, 9.17) is 26.6 Å². The predicted octanol–water partition coefficient (Wildman–Crippen LogP) is 4.09. The maximum atomic E-state index is 10.5. The Labute approximate surface area is 172 Å². The summed E-state index contributed by atoms with van der Waals surface area (Å²) >= 11 is 6.13. The average Bonchev–Trinajstić information content (AvgIpc) is 2.88. The Balaban J connectivity index is 1.91. The van der Waals surface area contributed by atoms with Crippen LogP contribution in [0.1, 0.15) is 44.6 Å². The van der Waals surface area contributed by atoms with E-state index in [0.29, 0.717) is 42.1 Å². The summed E-state index contributed by atoms with van der Waals surface area (Å²) < 4.78 is 5.96. The highest BCUT2D eigenvalue weighted by atomic mass is 35.5. The average molecular weight is 411 g/mol. The van der Waals surface area contributed by atoms with Crippen molar-refractivity contribution in [3.05, 3.63) is 40.9 Å². The van der Waals surface area contributed by atoms with Gasteiger partial charge in [0.05, 0.1) is 12.7 Å². The lowest BCUT2D eigenvalue weighted by atomic mass is 9.87. The molecule has 28 heavy (non-hydrogen) atoms. The van der Waals surface area contributed by atoms with Gasteiger partial charge in [-0.1, -0.05) is 30.7 Å². The van der Waals surface area contributed by atoms with Crippen LogP contribution in [0.4, 0.5) is 0 Å². The zero-order valence-electron chi connectivity index (χ0n) is 16.4. The second kappa shape index (κ2) is 11.4. The number of rotatable bonds is 11. The number of carboxylic acid groups (broad SMARTS) is 1. The van der Waals surface area contributed by atoms with E-state index in [-0.39, 0.29) is 18.9 Å². The van der Waals surface area contributed by atoms with Gasteiger partial charge in [0.2, 0.25) is 0 Å². The lowest BCUT2D eigenvalue weighted by molar-refractivity contribution is -0.137. The fourth-order valence-corrected chi connectivity index (χ4v) is 4.24. The molecule has 0 aromatic heterocycles. The first kappa shape index (κ1) is 22.7. The molecule has 2 rings (SSSR count). The van der Waals surface area contributed by atoms with Crippen molar-refractivity contribution in [2.24, 2.45) is 17.8 Å². The van der Waals surface area contributed by atoms with Crippen LogP contribution in [0, 0.1) is 17.8 Å². The maximum Gasteiger partial charge on any atom is 0.303 e. The van der Waals surface area contributed by atoms with Crippen LogP contribution in [0.15, 0.2) is 30.4 Å². The summed E-state index contributed by atoms with van der Waals surface area (Å²) in [5.74, 6) is 0.657. The third kappa shape index (κ3) is 7.12. The molecule has 1 fully saturated rings. The molecule has 4 atom stereocenters. The molecular formula is C22H31ClO5. The van der Waals surface area contributed by atoms with Crippen LogP contribution in [0.25, 0.3) is 0 Å². The van der Waals surface area contributed by atoms with Gasteiger partial charge in [-0.3, -0.25) is 4.79 Å². The molecule has 1 aliphatic rings. The molecule has 2 unspecified atom stereocenters. The Morgan fingerprint density at radius 2 is 2.07 bits per heavy atom. The monoisotopic (exact) mass is 410 g/mol. The summed E-state index contributed by atoms with van der Waals surface area (Å²) in [5, 5.41) is 28.8. The zero-order valence-corrected chi connectivity index (χ0v) is 17.1. The number of benzene rings is 1. The van der Waals surface area contributed by atoms with Crippen molar-refractivity contribution < 1.29 is 24.9 Å². The van der Waals surface area contributed by atoms with E-state index in [1.54, 1.807) is 6.07 Å². The van der Waals surface area contributed by atoms with Crippen molar-refractivity contribution in [1.29, 1.82) is 0 Å². The van der Waals surface area contributed by atoms with E-state index in [0.717, 1.165) is 24.8 Å². The number of carbonyl (C=O) groups is 1. The van der Waals surface area contributed by atoms with Gasteiger partial charge in [-0.2, -0.15) is 0 Å². The largest absolute Gasteiger partial charge is 0.493 e. The Bertz CT molecular complexity index is 660. The Morgan fingerprint density at radius 3 is 2.79 bits per heavy atom. The van der Waals surface area contributed by atoms with Crippen molar-refractivity contribution in [2.45, 2.75) is 51.6 Å². The molecular weight excluding hydrogens is 380 g/mol. The number of ether oxygens (including phenoxy) is 1. The van der Waals surface area contributed by atoms with E-state index < -0.39 is 12.1 Å². The molecule has 1 aliphatic carbocycles. The first-order chi connectivity index (χ1) is 13.4. The first-order valence-electron chi connectivity index (χ1n) is 9.98. The Hall–Kier alpha value is -1.56. The van der Waals surface area contributed by atoms with Gasteiger partial charge in [0.25, 0.3) is 0 Å². The summed E-state index contributed by atoms with van der Waals surface area (Å²) in [7, 11) is 0. The number of hydrogen-bond acceptors (Lipinski definition) is 4. The summed E-state index contributed by atoms with van der Waals surface area (Å²) in [5.41, 5.74) is 0.922. The number of aliphatic carboxylic acids is 1. The lowest BCUT2D eigenvalue weighted by Gasteiger charge is -2.23. The number of carboxylic acids is 1. The second-order valence-corrected chi connectivity index (χ2v) is 8.12. The fourth-order valence-electron chi connectivity index (χ4n) is 3.99. The van der Waals surface area contributed by atoms with Crippen molar-refractivity contribution in [1.82, 2.24) is 0 Å². The van der Waals surface area contributed by atoms with Crippen LogP contribution in [-0.2, 0) is 11.2 Å². The number of halogens is 1. The first-order valence-corrected chi connectivity index (χ1v) is 10.4. The van der Waals surface area contributed by atoms with Gasteiger partial charge in [-0.25, -0.2) is 0 Å². The van der Waals surface area contributed by atoms with Gasteiger partial charge in [0.15, 0.2) is 0 Å². The number of hydrogen-bond donors (Lipinski definition) is 3. The van der Waals surface area contributed by atoms with Gasteiger partial charge in [-0.05, 0) is 67.7 Å². The molecule has 0 heterocycles. The molecule has 0 aliphatic heterocycles. The highest BCUT2D eigenvalue weighted by Gasteiger charge is 2.39. The molecule has 0 saturated heterocycles. The summed E-state index contributed by atoms with van der Waals surface area (Å²) in [6.07, 6.45) is 7.48. The molecule has 1 saturated carbocycles. The molecule has 1 aromatic rings. The lowest BCUT2D eigenvalue weighted by Crippen LogP contribution is -2.26. The smallest absolute Gasteiger partial charge is 0.303 e. The van der Waals surface area contributed by atoms with E-state index in [1.807, 2.05) is 18.2 Å².